The van der Waals surface area contributed by atoms with Crippen molar-refractivity contribution < 1.29 is 22.8 Å². The Kier molecular flexibility index (Phi) is 5.28. The standard InChI is InChI=1S/C23H21F3N4O2/c1-14-8-9-19-18(12-14)17(13-27-19)10-11-30-20(16-6-4-3-5-7-16)29-22(21(30)32,23(24,25)26)28-15(2)31/h3-9,12-13,27H,10-11H2,1-2H3,(H,28,31). The van der Waals surface area contributed by atoms with Gasteiger partial charge in [0.1, 0.15) is 5.84 Å². The minimum Gasteiger partial charge on any atom is -0.361 e. The molecular weight excluding hydrogens is 421 g/mol. The van der Waals surface area contributed by atoms with E-state index in [1.807, 2.05) is 25.1 Å². The van der Waals surface area contributed by atoms with Crippen LogP contribution in [-0.2, 0) is 16.0 Å². The second-order valence-electron chi connectivity index (χ2n) is 7.76. The van der Waals surface area contributed by atoms with Crippen LogP contribution in [0.4, 0.5) is 13.2 Å². The van der Waals surface area contributed by atoms with Gasteiger partial charge in [0.05, 0.1) is 0 Å². The number of hydrogen-bond acceptors (Lipinski definition) is 3. The Bertz CT molecular complexity index is 1220. The molecule has 0 radical (unpaired) electrons. The number of aryl methyl sites for hydroxylation is 1. The Labute approximate surface area is 182 Å². The number of nitrogens with zero attached hydrogens (tertiary/aromatic N) is 2. The van der Waals surface area contributed by atoms with Crippen molar-refractivity contribution in [3.05, 3.63) is 71.4 Å². The minimum atomic E-state index is -5.11. The lowest BCUT2D eigenvalue weighted by Crippen LogP contribution is -2.63. The molecule has 3 aromatic rings. The molecule has 2 amide bonds. The highest BCUT2D eigenvalue weighted by molar-refractivity contribution is 6.16. The van der Waals surface area contributed by atoms with Gasteiger partial charge in [-0.15, -0.1) is 0 Å². The molecule has 1 atom stereocenters. The van der Waals surface area contributed by atoms with E-state index >= 15 is 0 Å². The average molecular weight is 442 g/mol. The molecule has 9 heteroatoms. The topological polar surface area (TPSA) is 77.6 Å². The first-order chi connectivity index (χ1) is 15.1. The highest BCUT2D eigenvalue weighted by Crippen LogP contribution is 2.38. The van der Waals surface area contributed by atoms with Crippen LogP contribution in [0.2, 0.25) is 0 Å². The summed E-state index contributed by atoms with van der Waals surface area (Å²) in [6, 6.07) is 14.0. The van der Waals surface area contributed by atoms with Gasteiger partial charge in [-0.1, -0.05) is 42.0 Å². The van der Waals surface area contributed by atoms with Crippen LogP contribution in [-0.4, -0.2) is 45.9 Å². The number of amidine groups is 1. The molecule has 2 heterocycles. The number of fused-ring (bicyclic) bond motifs is 1. The van der Waals surface area contributed by atoms with Crippen molar-refractivity contribution in [3.63, 3.8) is 0 Å². The van der Waals surface area contributed by atoms with Gasteiger partial charge >= 0.3 is 11.8 Å². The molecule has 2 N–H and O–H groups in total. The Morgan fingerprint density at radius 3 is 2.56 bits per heavy atom. The quantitative estimate of drug-likeness (QED) is 0.632. The number of carbonyl (C=O) groups excluding carboxylic acids is 2. The van der Waals surface area contributed by atoms with Gasteiger partial charge in [0.2, 0.25) is 5.91 Å². The molecule has 6 nitrogen and oxygen atoms in total. The Hall–Kier alpha value is -3.62. The first-order valence-corrected chi connectivity index (χ1v) is 10.0. The van der Waals surface area contributed by atoms with Crippen molar-refractivity contribution in [1.82, 2.24) is 15.2 Å². The summed E-state index contributed by atoms with van der Waals surface area (Å²) in [5.41, 5.74) is -0.178. The highest BCUT2D eigenvalue weighted by Gasteiger charge is 2.66. The number of aromatic amines is 1. The van der Waals surface area contributed by atoms with E-state index in [9.17, 15) is 22.8 Å². The molecule has 0 bridgehead atoms. The minimum absolute atomic E-state index is 0.0368. The molecular formula is C23H21F3N4O2. The third-order valence-corrected chi connectivity index (χ3v) is 5.41. The van der Waals surface area contributed by atoms with E-state index in [1.54, 1.807) is 41.8 Å². The van der Waals surface area contributed by atoms with Gasteiger partial charge in [0.25, 0.3) is 5.91 Å². The third-order valence-electron chi connectivity index (χ3n) is 5.41. The van der Waals surface area contributed by atoms with Crippen LogP contribution in [0.25, 0.3) is 10.9 Å². The fraction of sp³-hybridized carbons (Fsp3) is 0.261. The predicted octanol–water partition coefficient (Wildman–Crippen LogP) is 3.70. The van der Waals surface area contributed by atoms with E-state index in [1.165, 1.54) is 0 Å². The summed E-state index contributed by atoms with van der Waals surface area (Å²) in [6.45, 7) is 2.84. The Morgan fingerprint density at radius 1 is 1.19 bits per heavy atom. The summed E-state index contributed by atoms with van der Waals surface area (Å²) in [7, 11) is 0. The maximum atomic E-state index is 14.1. The lowest BCUT2D eigenvalue weighted by Gasteiger charge is -2.28. The van der Waals surface area contributed by atoms with Crippen LogP contribution < -0.4 is 5.32 Å². The Morgan fingerprint density at radius 2 is 1.91 bits per heavy atom. The number of aliphatic imine (C=N–C) groups is 1. The number of rotatable bonds is 5. The SMILES string of the molecule is CC(=O)NC1(C(F)(F)F)N=C(c2ccccc2)N(CCc2c[nH]c3ccc(C)cc23)C1=O. The van der Waals surface area contributed by atoms with Gasteiger partial charge in [0, 0.05) is 36.1 Å². The van der Waals surface area contributed by atoms with E-state index in [0.717, 1.165) is 33.9 Å². The van der Waals surface area contributed by atoms with E-state index in [4.69, 9.17) is 0 Å². The lowest BCUT2D eigenvalue weighted by atomic mass is 10.1. The molecule has 1 aliphatic heterocycles. The fourth-order valence-corrected chi connectivity index (χ4v) is 3.90. The number of aromatic nitrogens is 1. The molecule has 0 fully saturated rings. The molecule has 1 unspecified atom stereocenters. The average Bonchev–Trinajstić information content (AvgIpc) is 3.25. The smallest absolute Gasteiger partial charge is 0.361 e. The highest BCUT2D eigenvalue weighted by atomic mass is 19.4. The van der Waals surface area contributed by atoms with E-state index in [-0.39, 0.29) is 12.4 Å². The molecule has 4 rings (SSSR count). The van der Waals surface area contributed by atoms with Gasteiger partial charge in [-0.2, -0.15) is 13.2 Å². The molecule has 32 heavy (non-hydrogen) atoms. The van der Waals surface area contributed by atoms with Crippen molar-refractivity contribution >= 4 is 28.6 Å². The number of carbonyl (C=O) groups is 2. The van der Waals surface area contributed by atoms with Crippen LogP contribution >= 0.6 is 0 Å². The molecule has 2 aromatic carbocycles. The van der Waals surface area contributed by atoms with Crippen molar-refractivity contribution in [2.45, 2.75) is 32.1 Å². The molecule has 0 saturated carbocycles. The first kappa shape index (κ1) is 21.6. The number of amides is 2. The van der Waals surface area contributed by atoms with Crippen LogP contribution in [0.3, 0.4) is 0 Å². The number of nitrogens with one attached hydrogen (secondary N) is 2. The molecule has 1 aliphatic rings. The number of H-pyrrole nitrogens is 1. The summed E-state index contributed by atoms with van der Waals surface area (Å²) in [4.78, 5) is 32.7. The number of benzene rings is 2. The summed E-state index contributed by atoms with van der Waals surface area (Å²) in [5.74, 6) is -2.45. The van der Waals surface area contributed by atoms with Gasteiger partial charge in [-0.25, -0.2) is 4.99 Å². The maximum Gasteiger partial charge on any atom is 0.442 e. The summed E-state index contributed by atoms with van der Waals surface area (Å²) >= 11 is 0. The first-order valence-electron chi connectivity index (χ1n) is 10.0. The summed E-state index contributed by atoms with van der Waals surface area (Å²) in [6.07, 6.45) is -3.02. The van der Waals surface area contributed by atoms with Crippen molar-refractivity contribution in [1.29, 1.82) is 0 Å². The molecule has 0 aliphatic carbocycles. The van der Waals surface area contributed by atoms with Crippen molar-refractivity contribution in [2.75, 3.05) is 6.54 Å². The second kappa shape index (κ2) is 7.81. The zero-order valence-corrected chi connectivity index (χ0v) is 17.5. The van der Waals surface area contributed by atoms with Crippen LogP contribution in [0, 0.1) is 6.92 Å². The van der Waals surface area contributed by atoms with E-state index in [0.29, 0.717) is 12.0 Å². The van der Waals surface area contributed by atoms with Gasteiger partial charge in [-0.3, -0.25) is 14.5 Å². The number of alkyl halides is 3. The number of hydrogen-bond donors (Lipinski definition) is 2. The van der Waals surface area contributed by atoms with Gasteiger partial charge < -0.3 is 10.3 Å². The lowest BCUT2D eigenvalue weighted by molar-refractivity contribution is -0.199. The van der Waals surface area contributed by atoms with Crippen LogP contribution in [0.5, 0.6) is 0 Å². The molecule has 0 spiro atoms. The number of halogens is 3. The third kappa shape index (κ3) is 3.63. The summed E-state index contributed by atoms with van der Waals surface area (Å²) < 4.78 is 42.2. The fourth-order valence-electron chi connectivity index (χ4n) is 3.90. The van der Waals surface area contributed by atoms with Crippen LogP contribution in [0.1, 0.15) is 23.6 Å². The molecule has 166 valence electrons. The van der Waals surface area contributed by atoms with Crippen molar-refractivity contribution in [3.8, 4) is 0 Å². The van der Waals surface area contributed by atoms with Crippen LogP contribution in [0.15, 0.2) is 59.7 Å². The largest absolute Gasteiger partial charge is 0.442 e. The molecule has 1 aromatic heterocycles. The molecule has 0 saturated heterocycles. The predicted molar refractivity (Wildman–Crippen MR) is 114 cm³/mol. The van der Waals surface area contributed by atoms with E-state index < -0.39 is 23.7 Å². The van der Waals surface area contributed by atoms with Crippen molar-refractivity contribution in [2.24, 2.45) is 4.99 Å². The van der Waals surface area contributed by atoms with E-state index in [2.05, 4.69) is 9.98 Å². The summed E-state index contributed by atoms with van der Waals surface area (Å²) in [5, 5.41) is 2.70. The maximum absolute atomic E-state index is 14.1. The zero-order valence-electron chi connectivity index (χ0n) is 17.5. The normalized spacial score (nSPS) is 18.8. The Balaban J connectivity index is 1.74. The zero-order chi connectivity index (χ0) is 23.1. The van der Waals surface area contributed by atoms with Gasteiger partial charge in [0.15, 0.2) is 0 Å². The monoisotopic (exact) mass is 442 g/mol. The second-order valence-corrected chi connectivity index (χ2v) is 7.76. The van der Waals surface area contributed by atoms with Gasteiger partial charge in [-0.05, 0) is 31.0 Å².